The monoisotopic (exact) mass is 480 g/mol. The fourth-order valence-electron chi connectivity index (χ4n) is 3.95. The fraction of sp³-hybridized carbons (Fsp3) is 0.571. The van der Waals surface area contributed by atoms with Crippen LogP contribution in [0.4, 0.5) is 0 Å². The third-order valence-corrected chi connectivity index (χ3v) is 8.42. The van der Waals surface area contributed by atoms with E-state index in [0.29, 0.717) is 37.2 Å². The second-order valence-corrected chi connectivity index (χ2v) is 10.7. The van der Waals surface area contributed by atoms with Crippen molar-refractivity contribution in [2.75, 3.05) is 32.1 Å². The third-order valence-electron chi connectivity index (χ3n) is 5.57. The molecule has 1 atom stereocenters. The quantitative estimate of drug-likeness (QED) is 0.398. The normalized spacial score (nSPS) is 19.5. The van der Waals surface area contributed by atoms with Crippen LogP contribution in [0.1, 0.15) is 32.6 Å². The van der Waals surface area contributed by atoms with Gasteiger partial charge in [0.25, 0.3) is 0 Å². The van der Waals surface area contributed by atoms with E-state index in [1.807, 2.05) is 4.57 Å². The first-order valence-electron chi connectivity index (χ1n) is 10.9. The molecule has 0 amide bonds. The Morgan fingerprint density at radius 3 is 2.59 bits per heavy atom. The molecule has 0 aliphatic carbocycles. The van der Waals surface area contributed by atoms with Crippen molar-refractivity contribution >= 4 is 27.8 Å². The van der Waals surface area contributed by atoms with Crippen molar-refractivity contribution < 1.29 is 22.7 Å². The highest BCUT2D eigenvalue weighted by molar-refractivity contribution is 7.99. The van der Waals surface area contributed by atoms with Crippen LogP contribution in [0.2, 0.25) is 0 Å². The summed E-state index contributed by atoms with van der Waals surface area (Å²) >= 11 is 1.27. The molecule has 4 rings (SSSR count). The minimum Gasteiger partial charge on any atom is -0.465 e. The highest BCUT2D eigenvalue weighted by Crippen LogP contribution is 2.28. The van der Waals surface area contributed by atoms with Crippen LogP contribution >= 0.6 is 11.8 Å². The molecule has 2 saturated heterocycles. The van der Waals surface area contributed by atoms with E-state index < -0.39 is 10.0 Å². The molecule has 11 heteroatoms. The van der Waals surface area contributed by atoms with Crippen LogP contribution in [-0.2, 0) is 30.8 Å². The predicted molar refractivity (Wildman–Crippen MR) is 120 cm³/mol. The average molecular weight is 481 g/mol. The molecule has 0 N–H and O–H groups in total. The van der Waals surface area contributed by atoms with Gasteiger partial charge >= 0.3 is 5.97 Å². The van der Waals surface area contributed by atoms with Gasteiger partial charge in [-0.25, -0.2) is 8.42 Å². The number of carbonyl (C=O) groups excluding carboxylic acids is 1. The van der Waals surface area contributed by atoms with Gasteiger partial charge in [-0.1, -0.05) is 11.8 Å². The fourth-order valence-corrected chi connectivity index (χ4v) is 6.21. The highest BCUT2D eigenvalue weighted by atomic mass is 32.2. The second kappa shape index (κ2) is 10.3. The van der Waals surface area contributed by atoms with Crippen LogP contribution in [0.15, 0.2) is 34.3 Å². The van der Waals surface area contributed by atoms with Crippen molar-refractivity contribution in [3.8, 4) is 11.4 Å². The number of benzene rings is 1. The van der Waals surface area contributed by atoms with Gasteiger partial charge in [0.15, 0.2) is 11.0 Å². The zero-order valence-corrected chi connectivity index (χ0v) is 19.7. The maximum Gasteiger partial charge on any atom is 0.316 e. The molecule has 2 aliphatic rings. The molecule has 1 aromatic heterocycles. The molecule has 0 saturated carbocycles. The predicted octanol–water partition coefficient (Wildman–Crippen LogP) is 2.56. The number of rotatable bonds is 9. The van der Waals surface area contributed by atoms with E-state index in [1.165, 1.54) is 16.1 Å². The standard InChI is InChI=1S/C21H28N4O5S2/c1-2-29-19(26)15-31-21-23-22-20(25(21)14-17-6-5-13-30-17)16-7-9-18(10-8-16)32(27,28)24-11-3-4-12-24/h7-10,17H,2-6,11-15H2,1H3. The Labute approximate surface area is 192 Å². The molecule has 1 aromatic carbocycles. The summed E-state index contributed by atoms with van der Waals surface area (Å²) in [7, 11) is -3.47. The minimum absolute atomic E-state index is 0.0570. The Bertz CT molecular complexity index is 1030. The number of thioether (sulfide) groups is 1. The SMILES string of the molecule is CCOC(=O)CSc1nnc(-c2ccc(S(=O)(=O)N3CCCC3)cc2)n1CC1CCCO1. The van der Waals surface area contributed by atoms with Crippen molar-refractivity contribution in [2.45, 2.75) is 55.3 Å². The lowest BCUT2D eigenvalue weighted by atomic mass is 10.2. The molecule has 9 nitrogen and oxygen atoms in total. The molecular weight excluding hydrogens is 452 g/mol. The van der Waals surface area contributed by atoms with Crippen molar-refractivity contribution in [1.29, 1.82) is 0 Å². The molecule has 1 unspecified atom stereocenters. The van der Waals surface area contributed by atoms with Gasteiger partial charge in [0, 0.05) is 25.3 Å². The van der Waals surface area contributed by atoms with Crippen molar-refractivity contribution in [3.05, 3.63) is 24.3 Å². The average Bonchev–Trinajstić information content (AvgIpc) is 3.56. The number of aromatic nitrogens is 3. The topological polar surface area (TPSA) is 104 Å². The summed E-state index contributed by atoms with van der Waals surface area (Å²) in [6, 6.07) is 6.77. The van der Waals surface area contributed by atoms with E-state index in [-0.39, 0.29) is 22.7 Å². The summed E-state index contributed by atoms with van der Waals surface area (Å²) < 4.78 is 39.9. The molecular formula is C21H28N4O5S2. The number of ether oxygens (including phenoxy) is 2. The van der Waals surface area contributed by atoms with Gasteiger partial charge in [0.2, 0.25) is 10.0 Å². The van der Waals surface area contributed by atoms with Gasteiger partial charge in [-0.2, -0.15) is 4.31 Å². The maximum absolute atomic E-state index is 12.8. The van der Waals surface area contributed by atoms with E-state index in [2.05, 4.69) is 10.2 Å². The highest BCUT2D eigenvalue weighted by Gasteiger charge is 2.27. The number of esters is 1. The number of sulfonamides is 1. The van der Waals surface area contributed by atoms with Crippen molar-refractivity contribution in [2.24, 2.45) is 0 Å². The van der Waals surface area contributed by atoms with Gasteiger partial charge in [-0.15, -0.1) is 10.2 Å². The Morgan fingerprint density at radius 1 is 1.19 bits per heavy atom. The number of hydrogen-bond donors (Lipinski definition) is 0. The lowest BCUT2D eigenvalue weighted by Gasteiger charge is -2.16. The molecule has 2 aliphatic heterocycles. The van der Waals surface area contributed by atoms with Crippen molar-refractivity contribution in [1.82, 2.24) is 19.1 Å². The summed E-state index contributed by atoms with van der Waals surface area (Å²) in [6.07, 6.45) is 3.82. The van der Waals surface area contributed by atoms with E-state index >= 15 is 0 Å². The molecule has 0 bridgehead atoms. The Hall–Kier alpha value is -1.95. The largest absolute Gasteiger partial charge is 0.465 e. The molecule has 3 heterocycles. The Balaban J connectivity index is 1.58. The van der Waals surface area contributed by atoms with Crippen LogP contribution in [0, 0.1) is 0 Å². The van der Waals surface area contributed by atoms with Gasteiger partial charge in [-0.3, -0.25) is 9.36 Å². The first-order valence-corrected chi connectivity index (χ1v) is 13.4. The van der Waals surface area contributed by atoms with Gasteiger partial charge in [0.1, 0.15) is 0 Å². The zero-order valence-electron chi connectivity index (χ0n) is 18.1. The lowest BCUT2D eigenvalue weighted by Crippen LogP contribution is -2.27. The summed E-state index contributed by atoms with van der Waals surface area (Å²) in [4.78, 5) is 12.1. The summed E-state index contributed by atoms with van der Waals surface area (Å²) in [5.41, 5.74) is 0.763. The number of nitrogens with zero attached hydrogens (tertiary/aromatic N) is 4. The first kappa shape index (κ1) is 23.2. The summed E-state index contributed by atoms with van der Waals surface area (Å²) in [5, 5.41) is 9.24. The molecule has 0 spiro atoms. The number of carbonyl (C=O) groups is 1. The number of hydrogen-bond acceptors (Lipinski definition) is 8. The molecule has 2 aromatic rings. The Morgan fingerprint density at radius 2 is 1.94 bits per heavy atom. The first-order chi connectivity index (χ1) is 15.5. The summed E-state index contributed by atoms with van der Waals surface area (Å²) in [6.45, 7) is 4.55. The van der Waals surface area contributed by atoms with Gasteiger partial charge in [0.05, 0.1) is 29.9 Å². The van der Waals surface area contributed by atoms with Crippen molar-refractivity contribution in [3.63, 3.8) is 0 Å². The van der Waals surface area contributed by atoms with Crippen LogP contribution < -0.4 is 0 Å². The molecule has 32 heavy (non-hydrogen) atoms. The third kappa shape index (κ3) is 5.16. The van der Waals surface area contributed by atoms with Crippen LogP contribution in [-0.4, -0.2) is 71.6 Å². The smallest absolute Gasteiger partial charge is 0.316 e. The minimum atomic E-state index is -3.47. The van der Waals surface area contributed by atoms with Gasteiger partial charge in [-0.05, 0) is 56.9 Å². The van der Waals surface area contributed by atoms with Gasteiger partial charge < -0.3 is 9.47 Å². The van der Waals surface area contributed by atoms with E-state index in [4.69, 9.17) is 9.47 Å². The van der Waals surface area contributed by atoms with Crippen LogP contribution in [0.5, 0.6) is 0 Å². The molecule has 0 radical (unpaired) electrons. The van der Waals surface area contributed by atoms with Crippen LogP contribution in [0.3, 0.4) is 0 Å². The molecule has 2 fully saturated rings. The lowest BCUT2D eigenvalue weighted by molar-refractivity contribution is -0.139. The van der Waals surface area contributed by atoms with E-state index in [0.717, 1.165) is 37.9 Å². The summed E-state index contributed by atoms with van der Waals surface area (Å²) in [5.74, 6) is 0.462. The molecule has 174 valence electrons. The van der Waals surface area contributed by atoms with E-state index in [1.54, 1.807) is 31.2 Å². The zero-order chi connectivity index (χ0) is 22.6. The van der Waals surface area contributed by atoms with E-state index in [9.17, 15) is 13.2 Å². The Kier molecular flexibility index (Phi) is 7.49. The second-order valence-electron chi connectivity index (χ2n) is 7.78. The van der Waals surface area contributed by atoms with Crippen LogP contribution in [0.25, 0.3) is 11.4 Å². The maximum atomic E-state index is 12.8.